The molecule has 0 unspecified atom stereocenters. The highest BCUT2D eigenvalue weighted by Gasteiger charge is 2.31. The van der Waals surface area contributed by atoms with Crippen LogP contribution in [0.2, 0.25) is 0 Å². The van der Waals surface area contributed by atoms with Crippen molar-refractivity contribution in [2.45, 2.75) is 6.42 Å². The molecule has 2 amide bonds. The summed E-state index contributed by atoms with van der Waals surface area (Å²) in [6.45, 7) is 1.05. The Morgan fingerprint density at radius 2 is 2.31 bits per heavy atom. The Labute approximate surface area is 106 Å². The molecule has 2 N–H and O–H groups in total. The quantitative estimate of drug-likeness (QED) is 0.899. The van der Waals surface area contributed by atoms with Crippen LogP contribution in [-0.2, 0) is 4.79 Å². The highest BCUT2D eigenvalue weighted by atomic mass is 79.9. The zero-order valence-electron chi connectivity index (χ0n) is 8.48. The van der Waals surface area contributed by atoms with Crippen molar-refractivity contribution in [1.82, 2.24) is 4.90 Å². The molecule has 1 saturated heterocycles. The fraction of sp³-hybridized carbons (Fsp3) is 0.400. The van der Waals surface area contributed by atoms with Gasteiger partial charge in [-0.25, -0.2) is 0 Å². The predicted octanol–water partition coefficient (Wildman–Crippen LogP) is 1.46. The van der Waals surface area contributed by atoms with Gasteiger partial charge in [-0.2, -0.15) is 0 Å². The Balaban J connectivity index is 2.08. The van der Waals surface area contributed by atoms with Crippen molar-refractivity contribution < 1.29 is 9.59 Å². The highest BCUT2D eigenvalue weighted by Crippen LogP contribution is 2.26. The Bertz CT molecular complexity index is 432. The van der Waals surface area contributed by atoms with Gasteiger partial charge in [-0.3, -0.25) is 9.59 Å². The third-order valence-electron chi connectivity index (χ3n) is 2.69. The zero-order chi connectivity index (χ0) is 11.7. The lowest BCUT2D eigenvalue weighted by Crippen LogP contribution is -2.31. The van der Waals surface area contributed by atoms with E-state index in [4.69, 9.17) is 5.73 Å². The largest absolute Gasteiger partial charge is 0.369 e. The number of nitrogens with two attached hydrogens (primary N) is 1. The molecular formula is C10H11BrN2O2S. The van der Waals surface area contributed by atoms with Gasteiger partial charge in [0.15, 0.2) is 0 Å². The molecule has 0 spiro atoms. The second-order valence-corrected chi connectivity index (χ2v) is 5.51. The number of thiophene rings is 1. The molecule has 1 aliphatic heterocycles. The van der Waals surface area contributed by atoms with Crippen molar-refractivity contribution in [3.8, 4) is 0 Å². The monoisotopic (exact) mass is 302 g/mol. The number of carbonyl (C=O) groups excluding carboxylic acids is 2. The van der Waals surface area contributed by atoms with Crippen LogP contribution in [0, 0.1) is 5.92 Å². The van der Waals surface area contributed by atoms with Gasteiger partial charge in [0, 0.05) is 17.6 Å². The second-order valence-electron chi connectivity index (χ2n) is 3.74. The lowest BCUT2D eigenvalue weighted by Gasteiger charge is -2.14. The van der Waals surface area contributed by atoms with Crippen LogP contribution in [0.1, 0.15) is 16.1 Å². The van der Waals surface area contributed by atoms with Crippen LogP contribution < -0.4 is 5.73 Å². The summed E-state index contributed by atoms with van der Waals surface area (Å²) >= 11 is 4.73. The maximum atomic E-state index is 12.1. The van der Waals surface area contributed by atoms with Crippen molar-refractivity contribution in [3.63, 3.8) is 0 Å². The van der Waals surface area contributed by atoms with Gasteiger partial charge in [0.05, 0.1) is 5.92 Å². The molecular weight excluding hydrogens is 292 g/mol. The number of carbonyl (C=O) groups is 2. The Hall–Kier alpha value is -0.880. The van der Waals surface area contributed by atoms with E-state index in [1.54, 1.807) is 4.90 Å². The molecule has 86 valence electrons. The van der Waals surface area contributed by atoms with Gasteiger partial charge in [-0.15, -0.1) is 11.3 Å². The van der Waals surface area contributed by atoms with Gasteiger partial charge in [0.25, 0.3) is 5.91 Å². The van der Waals surface area contributed by atoms with E-state index in [1.807, 2.05) is 11.4 Å². The number of hydrogen-bond acceptors (Lipinski definition) is 3. The summed E-state index contributed by atoms with van der Waals surface area (Å²) in [5.41, 5.74) is 5.23. The average molecular weight is 303 g/mol. The van der Waals surface area contributed by atoms with E-state index in [0.29, 0.717) is 24.4 Å². The van der Waals surface area contributed by atoms with E-state index < -0.39 is 0 Å². The van der Waals surface area contributed by atoms with Gasteiger partial charge < -0.3 is 10.6 Å². The molecule has 2 rings (SSSR count). The number of primary amides is 1. The molecule has 6 heteroatoms. The summed E-state index contributed by atoms with van der Waals surface area (Å²) in [4.78, 5) is 25.4. The number of rotatable bonds is 2. The summed E-state index contributed by atoms with van der Waals surface area (Å²) in [6.07, 6.45) is 0.671. The fourth-order valence-electron chi connectivity index (χ4n) is 1.77. The highest BCUT2D eigenvalue weighted by molar-refractivity contribution is 9.10. The van der Waals surface area contributed by atoms with E-state index in [-0.39, 0.29) is 17.7 Å². The first-order valence-electron chi connectivity index (χ1n) is 4.91. The molecule has 0 aliphatic carbocycles. The molecule has 0 bridgehead atoms. The Kier molecular flexibility index (Phi) is 3.30. The van der Waals surface area contributed by atoms with Crippen molar-refractivity contribution in [2.75, 3.05) is 13.1 Å². The van der Waals surface area contributed by atoms with Crippen LogP contribution in [0.25, 0.3) is 0 Å². The molecule has 4 nitrogen and oxygen atoms in total. The van der Waals surface area contributed by atoms with Crippen LogP contribution in [-0.4, -0.2) is 29.8 Å². The van der Waals surface area contributed by atoms with E-state index in [0.717, 1.165) is 4.47 Å². The number of nitrogens with zero attached hydrogens (tertiary/aromatic N) is 1. The number of halogens is 1. The van der Waals surface area contributed by atoms with E-state index in [2.05, 4.69) is 15.9 Å². The summed E-state index contributed by atoms with van der Waals surface area (Å²) in [5, 5.41) is 1.86. The minimum absolute atomic E-state index is 0.0226. The van der Waals surface area contributed by atoms with Gasteiger partial charge in [-0.1, -0.05) is 0 Å². The molecule has 1 aromatic rings. The molecule has 1 fully saturated rings. The molecule has 0 aromatic carbocycles. The first-order chi connectivity index (χ1) is 7.59. The second kappa shape index (κ2) is 4.55. The topological polar surface area (TPSA) is 63.4 Å². The molecule has 0 saturated carbocycles. The van der Waals surface area contributed by atoms with Crippen molar-refractivity contribution in [3.05, 3.63) is 20.8 Å². The SMILES string of the molecule is NC(=O)[C@@H]1CCN(C(=O)c2sccc2Br)C1. The third kappa shape index (κ3) is 2.12. The lowest BCUT2D eigenvalue weighted by molar-refractivity contribution is -0.121. The van der Waals surface area contributed by atoms with Crippen molar-refractivity contribution in [1.29, 1.82) is 0 Å². The number of hydrogen-bond donors (Lipinski definition) is 1. The third-order valence-corrected chi connectivity index (χ3v) is 4.51. The molecule has 16 heavy (non-hydrogen) atoms. The van der Waals surface area contributed by atoms with Gasteiger partial charge >= 0.3 is 0 Å². The first-order valence-corrected chi connectivity index (χ1v) is 6.58. The first kappa shape index (κ1) is 11.6. The van der Waals surface area contributed by atoms with Crippen molar-refractivity contribution >= 4 is 39.1 Å². The standard InChI is InChI=1S/C10H11BrN2O2S/c11-7-2-4-16-8(7)10(15)13-3-1-6(5-13)9(12)14/h2,4,6H,1,3,5H2,(H2,12,14)/t6-/m1/s1. The molecule has 0 radical (unpaired) electrons. The molecule has 1 aliphatic rings. The number of likely N-dealkylation sites (tertiary alicyclic amines) is 1. The smallest absolute Gasteiger partial charge is 0.265 e. The van der Waals surface area contributed by atoms with Crippen molar-refractivity contribution in [2.24, 2.45) is 11.7 Å². The predicted molar refractivity (Wildman–Crippen MR) is 65.2 cm³/mol. The minimum atomic E-state index is -0.319. The van der Waals surface area contributed by atoms with Crippen LogP contribution in [0.5, 0.6) is 0 Å². The van der Waals surface area contributed by atoms with Crippen LogP contribution >= 0.6 is 27.3 Å². The Morgan fingerprint density at radius 1 is 1.56 bits per heavy atom. The van der Waals surface area contributed by atoms with Crippen LogP contribution in [0.15, 0.2) is 15.9 Å². The zero-order valence-corrected chi connectivity index (χ0v) is 10.9. The number of amides is 2. The normalized spacial score (nSPS) is 20.1. The maximum Gasteiger partial charge on any atom is 0.265 e. The van der Waals surface area contributed by atoms with Gasteiger partial charge in [0.1, 0.15) is 4.88 Å². The van der Waals surface area contributed by atoms with E-state index in [9.17, 15) is 9.59 Å². The molecule has 2 heterocycles. The maximum absolute atomic E-state index is 12.1. The summed E-state index contributed by atoms with van der Waals surface area (Å²) in [6, 6.07) is 1.85. The van der Waals surface area contributed by atoms with Gasteiger partial charge in [0.2, 0.25) is 5.91 Å². The van der Waals surface area contributed by atoms with Crippen LogP contribution in [0.3, 0.4) is 0 Å². The summed E-state index contributed by atoms with van der Waals surface area (Å²) in [7, 11) is 0. The molecule has 1 aromatic heterocycles. The Morgan fingerprint density at radius 3 is 2.81 bits per heavy atom. The molecule has 1 atom stereocenters. The average Bonchev–Trinajstić information content (AvgIpc) is 2.84. The lowest BCUT2D eigenvalue weighted by atomic mass is 10.1. The van der Waals surface area contributed by atoms with Gasteiger partial charge in [-0.05, 0) is 33.8 Å². The fourth-order valence-corrected chi connectivity index (χ4v) is 3.27. The summed E-state index contributed by atoms with van der Waals surface area (Å²) < 4.78 is 0.810. The summed E-state index contributed by atoms with van der Waals surface area (Å²) in [5.74, 6) is -0.533. The van der Waals surface area contributed by atoms with Crippen LogP contribution in [0.4, 0.5) is 0 Å². The minimum Gasteiger partial charge on any atom is -0.369 e. The van der Waals surface area contributed by atoms with E-state index >= 15 is 0 Å². The van der Waals surface area contributed by atoms with E-state index in [1.165, 1.54) is 11.3 Å².